The van der Waals surface area contributed by atoms with Crippen molar-refractivity contribution in [3.05, 3.63) is 35.5 Å². The molecule has 1 heterocycles. The summed E-state index contributed by atoms with van der Waals surface area (Å²) < 4.78 is 61.3. The zero-order chi connectivity index (χ0) is 29.5. The van der Waals surface area contributed by atoms with Crippen molar-refractivity contribution >= 4 is 44.7 Å². The van der Waals surface area contributed by atoms with Crippen molar-refractivity contribution in [1.29, 1.82) is 0 Å². The molecule has 0 spiro atoms. The largest absolute Gasteiger partial charge is 0.565 e. The van der Waals surface area contributed by atoms with Gasteiger partial charge in [-0.25, -0.2) is 10.5 Å². The number of benzene rings is 1. The molecule has 0 radical (unpaired) electrons. The van der Waals surface area contributed by atoms with Crippen LogP contribution in [-0.2, 0) is 18.5 Å². The van der Waals surface area contributed by atoms with Gasteiger partial charge in [0.1, 0.15) is 0 Å². The van der Waals surface area contributed by atoms with Crippen molar-refractivity contribution in [1.82, 2.24) is 9.88 Å². The van der Waals surface area contributed by atoms with Gasteiger partial charge in [0.2, 0.25) is 0 Å². The van der Waals surface area contributed by atoms with Gasteiger partial charge in [0.15, 0.2) is 0 Å². The Morgan fingerprint density at radius 1 is 1.30 bits per heavy atom. The molecular formula is C18H32ClN3O9P2. The number of likely N-dealkylation sites (N-methyl/N-ethyl adjacent to an activating group) is 1. The van der Waals surface area contributed by atoms with E-state index < -0.39 is 29.9 Å². The van der Waals surface area contributed by atoms with Gasteiger partial charge in [-0.2, -0.15) is 0 Å². The first kappa shape index (κ1) is 23.3. The van der Waals surface area contributed by atoms with Crippen LogP contribution in [0.15, 0.2) is 30.5 Å². The number of aliphatic hydroxyl groups excluding tert-OH is 1. The summed E-state index contributed by atoms with van der Waals surface area (Å²) in [4.78, 5) is 23.4. The van der Waals surface area contributed by atoms with E-state index in [1.165, 1.54) is 4.90 Å². The number of pyridine rings is 1. The van der Waals surface area contributed by atoms with Crippen molar-refractivity contribution in [3.63, 3.8) is 0 Å². The summed E-state index contributed by atoms with van der Waals surface area (Å²) in [6, 6.07) is 7.49. The first-order valence-electron chi connectivity index (χ1n) is 11.7. The first-order chi connectivity index (χ1) is 17.6. The summed E-state index contributed by atoms with van der Waals surface area (Å²) in [6.07, 6.45) is 3.00. The maximum absolute atomic E-state index is 9.17. The molecule has 2 aromatic rings. The number of nitrogens with zero attached hydrogens (tertiary/aromatic N) is 2. The van der Waals surface area contributed by atoms with Crippen LogP contribution < -0.4 is 15.1 Å². The highest BCUT2D eigenvalue weighted by atomic mass is 35.5. The lowest BCUT2D eigenvalue weighted by molar-refractivity contribution is -0.245. The van der Waals surface area contributed by atoms with Crippen molar-refractivity contribution in [2.45, 2.75) is 32.7 Å². The van der Waals surface area contributed by atoms with Gasteiger partial charge >= 0.3 is 16.5 Å². The normalized spacial score (nSPS) is 15.3. The minimum absolute atomic E-state index is 0. The Kier molecular flexibility index (Phi) is 13.4. The standard InChI is InChI=1S/C18H26ClN3O.2HO4P.2H2/c1-3-22(11-12-23)10-4-5-14(2)21-17-8-9-20-18-13-15(19)6-7-16(17)18;2*1-4-5(2)3;;/h6-9,13-14,23H,3-5,10-12H2,1-2H3,(H,20,21);2*1H;2*1H/t14-;;;;/m0..../s1/i1D3,3D2;;;;. The predicted octanol–water partition coefficient (Wildman–Crippen LogP) is 3.26. The van der Waals surface area contributed by atoms with Crippen molar-refractivity contribution in [3.8, 4) is 0 Å². The highest BCUT2D eigenvalue weighted by molar-refractivity contribution is 7.30. The molecule has 15 heteroatoms. The fourth-order valence-electron chi connectivity index (χ4n) is 2.52. The van der Waals surface area contributed by atoms with Crippen LogP contribution in [0.5, 0.6) is 0 Å². The second kappa shape index (κ2) is 19.0. The summed E-state index contributed by atoms with van der Waals surface area (Å²) in [7, 11) is -6.09. The van der Waals surface area contributed by atoms with Crippen LogP contribution >= 0.6 is 28.1 Å². The summed E-state index contributed by atoms with van der Waals surface area (Å²) in [5.74, 6) is 0. The number of anilines is 1. The third-order valence-electron chi connectivity index (χ3n) is 3.83. The quantitative estimate of drug-likeness (QED) is 0.187. The van der Waals surface area contributed by atoms with Crippen LogP contribution in [-0.4, -0.2) is 57.7 Å². The van der Waals surface area contributed by atoms with E-state index in [1.807, 2.05) is 25.1 Å². The smallest absolute Gasteiger partial charge is 0.521 e. The Morgan fingerprint density at radius 3 is 2.48 bits per heavy atom. The van der Waals surface area contributed by atoms with Crippen LogP contribution in [0.2, 0.25) is 5.02 Å². The molecule has 4 N–H and O–H groups in total. The number of halogens is 1. The van der Waals surface area contributed by atoms with E-state index in [-0.39, 0.29) is 28.6 Å². The van der Waals surface area contributed by atoms with E-state index in [0.29, 0.717) is 17.9 Å². The molecule has 33 heavy (non-hydrogen) atoms. The Morgan fingerprint density at radius 2 is 1.94 bits per heavy atom. The summed E-state index contributed by atoms with van der Waals surface area (Å²) in [5.41, 5.74) is 1.73. The summed E-state index contributed by atoms with van der Waals surface area (Å²) in [6.45, 7) is -3.32. The van der Waals surface area contributed by atoms with Crippen molar-refractivity contribution < 1.29 is 53.6 Å². The highest BCUT2D eigenvalue weighted by Gasteiger charge is 2.08. The van der Waals surface area contributed by atoms with E-state index in [1.54, 1.807) is 12.3 Å². The lowest BCUT2D eigenvalue weighted by Gasteiger charge is -2.21. The molecule has 12 nitrogen and oxygen atoms in total. The monoisotopic (exact) mass is 536 g/mol. The summed E-state index contributed by atoms with van der Waals surface area (Å²) >= 11 is 6.02. The third kappa shape index (κ3) is 15.2. The molecule has 0 aliphatic rings. The predicted molar refractivity (Wildman–Crippen MR) is 125 cm³/mol. The fraction of sp³-hybridized carbons (Fsp3) is 0.500. The third-order valence-corrected chi connectivity index (χ3v) is 4.33. The molecule has 1 aromatic carbocycles. The van der Waals surface area contributed by atoms with Gasteiger partial charge in [-0.1, -0.05) is 18.5 Å². The number of hydrogen-bond acceptors (Lipinski definition) is 12. The maximum Gasteiger partial charge on any atom is 0.521 e. The first-order valence-corrected chi connectivity index (χ1v) is 11.8. The van der Waals surface area contributed by atoms with Gasteiger partial charge in [-0.3, -0.25) is 4.98 Å². The molecule has 2 rings (SSSR count). The van der Waals surface area contributed by atoms with Gasteiger partial charge < -0.3 is 25.1 Å². The average molecular weight is 537 g/mol. The molecule has 1 aromatic heterocycles. The number of aromatic nitrogens is 1. The molecule has 190 valence electrons. The zero-order valence-electron chi connectivity index (χ0n) is 22.5. The number of rotatable bonds is 11. The van der Waals surface area contributed by atoms with Gasteiger partial charge in [-0.15, -0.1) is 0 Å². The number of aliphatic hydroxyl groups is 1. The lowest BCUT2D eigenvalue weighted by atomic mass is 10.1. The van der Waals surface area contributed by atoms with Gasteiger partial charge in [-0.05, 0) is 66.2 Å². The van der Waals surface area contributed by atoms with E-state index >= 15 is 0 Å². The number of hydrogen-bond donors (Lipinski definition) is 4. The van der Waals surface area contributed by atoms with Crippen LogP contribution in [0.1, 0.15) is 36.3 Å². The van der Waals surface area contributed by atoms with Gasteiger partial charge in [0.05, 0.1) is 12.1 Å². The highest BCUT2D eigenvalue weighted by Crippen LogP contribution is 2.25. The maximum atomic E-state index is 9.17. The van der Waals surface area contributed by atoms with Crippen LogP contribution in [0.3, 0.4) is 0 Å². The molecule has 2 unspecified atom stereocenters. The molecule has 3 atom stereocenters. The van der Waals surface area contributed by atoms with E-state index in [9.17, 15) is 0 Å². The summed E-state index contributed by atoms with van der Waals surface area (Å²) in [5, 5.41) is 28.3. The molecule has 0 fully saturated rings. The molecule has 0 aliphatic heterocycles. The molecule has 0 bridgehead atoms. The van der Waals surface area contributed by atoms with Crippen molar-refractivity contribution in [2.24, 2.45) is 0 Å². The Bertz CT molecular complexity index is 1020. The molecule has 0 aliphatic carbocycles. The average Bonchev–Trinajstić information content (AvgIpc) is 2.83. The molecule has 0 saturated carbocycles. The minimum Gasteiger partial charge on any atom is -0.565 e. The SMILES string of the molecule is O=[P+]([O-])OO.O=[P+]([O-])OO.[2H]C([2H])([2H])C([2H])([2H])N(CCO)CCC[C@H](C)Nc1ccnc2cc(Cl)ccc12.[HH].[HH]. The Balaban J connectivity index is -0.000000979. The van der Waals surface area contributed by atoms with E-state index in [2.05, 4.69) is 19.6 Å². The Hall–Kier alpha value is -1.40. The zero-order valence-corrected chi connectivity index (χ0v) is 20.0. The van der Waals surface area contributed by atoms with Crippen LogP contribution in [0.4, 0.5) is 5.69 Å². The van der Waals surface area contributed by atoms with E-state index in [0.717, 1.165) is 16.6 Å². The molecule has 0 amide bonds. The van der Waals surface area contributed by atoms with Crippen LogP contribution in [0.25, 0.3) is 10.9 Å². The van der Waals surface area contributed by atoms with Gasteiger partial charge in [0, 0.05) is 53.9 Å². The number of nitrogens with one attached hydrogen (secondary N) is 1. The minimum atomic E-state index is -3.04. The van der Waals surface area contributed by atoms with Crippen LogP contribution in [0, 0.1) is 0 Å². The second-order valence-electron chi connectivity index (χ2n) is 6.14. The van der Waals surface area contributed by atoms with E-state index in [4.69, 9.17) is 53.0 Å². The Labute approximate surface area is 208 Å². The second-order valence-corrected chi connectivity index (χ2v) is 7.80. The van der Waals surface area contributed by atoms with Gasteiger partial charge in [0.25, 0.3) is 0 Å². The molecular weight excluding hydrogens is 500 g/mol. The lowest BCUT2D eigenvalue weighted by Crippen LogP contribution is -2.28. The molecule has 0 saturated heterocycles. The fourth-order valence-corrected chi connectivity index (χ4v) is 2.68. The number of fused-ring (bicyclic) bond motifs is 1. The van der Waals surface area contributed by atoms with Crippen molar-refractivity contribution in [2.75, 3.05) is 31.5 Å². The topological polar surface area (TPSA) is 188 Å².